The molecule has 4 nitrogen and oxygen atoms in total. The summed E-state index contributed by atoms with van der Waals surface area (Å²) in [6.45, 7) is 3.92. The number of carboxylic acid groups (broad SMARTS) is 1. The van der Waals surface area contributed by atoms with Gasteiger partial charge >= 0.3 is 5.97 Å². The molecule has 0 radical (unpaired) electrons. The summed E-state index contributed by atoms with van der Waals surface area (Å²) in [5.41, 5.74) is 0. The Kier molecular flexibility index (Phi) is 3.73. The molecule has 1 aliphatic heterocycles. The highest BCUT2D eigenvalue weighted by Gasteiger charge is 2.36. The van der Waals surface area contributed by atoms with Gasteiger partial charge in [0.15, 0.2) is 0 Å². The highest BCUT2D eigenvalue weighted by atomic mass is 16.4. The zero-order valence-corrected chi connectivity index (χ0v) is 8.99. The van der Waals surface area contributed by atoms with Crippen LogP contribution in [0.1, 0.15) is 26.7 Å². The number of carbonyl (C=O) groups excluding carboxylic acids is 1. The van der Waals surface area contributed by atoms with Crippen molar-refractivity contribution in [1.82, 2.24) is 4.90 Å². The second-order valence-corrected chi connectivity index (χ2v) is 3.78. The lowest BCUT2D eigenvalue weighted by Gasteiger charge is -2.35. The topological polar surface area (TPSA) is 57.6 Å². The van der Waals surface area contributed by atoms with Gasteiger partial charge in [-0.1, -0.05) is 12.8 Å². The molecule has 1 aliphatic rings. The van der Waals surface area contributed by atoms with Crippen molar-refractivity contribution >= 4 is 11.9 Å². The first-order valence-electron chi connectivity index (χ1n) is 5.04. The third-order valence-electron chi connectivity index (χ3n) is 2.68. The minimum Gasteiger partial charge on any atom is -0.480 e. The Balaban J connectivity index is 2.87. The van der Waals surface area contributed by atoms with Crippen molar-refractivity contribution in [2.45, 2.75) is 32.7 Å². The van der Waals surface area contributed by atoms with E-state index >= 15 is 0 Å². The van der Waals surface area contributed by atoms with E-state index in [2.05, 4.69) is 11.8 Å². The molecule has 1 amide bonds. The van der Waals surface area contributed by atoms with Crippen molar-refractivity contribution in [2.24, 2.45) is 5.92 Å². The molecule has 0 aliphatic carbocycles. The molecule has 4 heteroatoms. The molecule has 2 atom stereocenters. The Morgan fingerprint density at radius 1 is 1.47 bits per heavy atom. The maximum Gasteiger partial charge on any atom is 0.326 e. The number of aliphatic carboxylic acids is 1. The van der Waals surface area contributed by atoms with Crippen LogP contribution in [0.25, 0.3) is 0 Å². The monoisotopic (exact) mass is 209 g/mol. The van der Waals surface area contributed by atoms with Gasteiger partial charge < -0.3 is 10.0 Å². The normalized spacial score (nSPS) is 25.3. The highest BCUT2D eigenvalue weighted by molar-refractivity contribution is 5.96. The van der Waals surface area contributed by atoms with Gasteiger partial charge in [-0.05, 0) is 31.6 Å². The van der Waals surface area contributed by atoms with Crippen molar-refractivity contribution in [1.29, 1.82) is 0 Å². The molecule has 15 heavy (non-hydrogen) atoms. The average molecular weight is 209 g/mol. The second-order valence-electron chi connectivity index (χ2n) is 3.78. The summed E-state index contributed by atoms with van der Waals surface area (Å²) in [7, 11) is 0. The molecule has 0 spiro atoms. The fraction of sp³-hybridized carbons (Fsp3) is 0.636. The van der Waals surface area contributed by atoms with E-state index in [1.54, 1.807) is 6.92 Å². The van der Waals surface area contributed by atoms with Crippen LogP contribution in [0, 0.1) is 17.8 Å². The van der Waals surface area contributed by atoms with Gasteiger partial charge in [0.1, 0.15) is 6.04 Å². The molecule has 0 bridgehead atoms. The van der Waals surface area contributed by atoms with Crippen molar-refractivity contribution < 1.29 is 14.7 Å². The first-order valence-corrected chi connectivity index (χ1v) is 5.04. The lowest BCUT2D eigenvalue weighted by atomic mass is 9.91. The molecule has 1 saturated heterocycles. The first-order chi connectivity index (χ1) is 7.07. The zero-order valence-electron chi connectivity index (χ0n) is 8.99. The van der Waals surface area contributed by atoms with Crippen LogP contribution in [-0.2, 0) is 9.59 Å². The van der Waals surface area contributed by atoms with E-state index in [0.717, 1.165) is 12.8 Å². The largest absolute Gasteiger partial charge is 0.480 e. The van der Waals surface area contributed by atoms with Gasteiger partial charge in [0.05, 0.1) is 0 Å². The summed E-state index contributed by atoms with van der Waals surface area (Å²) in [6, 6.07) is -0.716. The van der Waals surface area contributed by atoms with E-state index in [-0.39, 0.29) is 11.8 Å². The van der Waals surface area contributed by atoms with Crippen LogP contribution >= 0.6 is 0 Å². The lowest BCUT2D eigenvalue weighted by molar-refractivity contribution is -0.152. The molecule has 1 N–H and O–H groups in total. The number of carboxylic acids is 1. The van der Waals surface area contributed by atoms with Crippen molar-refractivity contribution in [3.63, 3.8) is 0 Å². The predicted molar refractivity (Wildman–Crippen MR) is 55.0 cm³/mol. The Hall–Kier alpha value is -1.50. The van der Waals surface area contributed by atoms with Crippen LogP contribution in [0.15, 0.2) is 0 Å². The number of piperidine rings is 1. The van der Waals surface area contributed by atoms with E-state index in [9.17, 15) is 9.59 Å². The molecule has 0 aromatic heterocycles. The van der Waals surface area contributed by atoms with E-state index in [1.807, 2.05) is 6.92 Å². The molecule has 0 saturated carbocycles. The van der Waals surface area contributed by atoms with Crippen LogP contribution in [0.3, 0.4) is 0 Å². The fourth-order valence-corrected chi connectivity index (χ4v) is 1.97. The maximum absolute atomic E-state index is 11.5. The summed E-state index contributed by atoms with van der Waals surface area (Å²) in [5, 5.41) is 9.05. The zero-order chi connectivity index (χ0) is 11.4. The third kappa shape index (κ3) is 2.50. The summed E-state index contributed by atoms with van der Waals surface area (Å²) in [5.74, 6) is 3.58. The van der Waals surface area contributed by atoms with Crippen molar-refractivity contribution in [3.8, 4) is 11.8 Å². The summed E-state index contributed by atoms with van der Waals surface area (Å²) >= 11 is 0. The molecule has 82 valence electrons. The fourth-order valence-electron chi connectivity index (χ4n) is 1.97. The Morgan fingerprint density at radius 2 is 2.13 bits per heavy atom. The summed E-state index contributed by atoms with van der Waals surface area (Å²) in [4.78, 5) is 24.0. The maximum atomic E-state index is 11.5. The number of amides is 1. The molecular weight excluding hydrogens is 194 g/mol. The average Bonchev–Trinajstić information content (AvgIpc) is 2.17. The van der Waals surface area contributed by atoms with Gasteiger partial charge in [-0.3, -0.25) is 4.79 Å². The van der Waals surface area contributed by atoms with Crippen molar-refractivity contribution in [3.05, 3.63) is 0 Å². The molecular formula is C11H15NO3. The number of hydrogen-bond donors (Lipinski definition) is 1. The SMILES string of the molecule is CC#CC(=O)N1CCCC(C)C1C(=O)O. The number of rotatable bonds is 1. The highest BCUT2D eigenvalue weighted by Crippen LogP contribution is 2.23. The van der Waals surface area contributed by atoms with Crippen LogP contribution in [-0.4, -0.2) is 34.5 Å². The quantitative estimate of drug-likeness (QED) is 0.647. The van der Waals surface area contributed by atoms with E-state index in [1.165, 1.54) is 4.90 Å². The Morgan fingerprint density at radius 3 is 2.67 bits per heavy atom. The van der Waals surface area contributed by atoms with E-state index < -0.39 is 12.0 Å². The number of likely N-dealkylation sites (tertiary alicyclic amines) is 1. The molecule has 1 rings (SSSR count). The van der Waals surface area contributed by atoms with Gasteiger partial charge in [-0.2, -0.15) is 0 Å². The number of nitrogens with zero attached hydrogens (tertiary/aromatic N) is 1. The smallest absolute Gasteiger partial charge is 0.326 e. The van der Waals surface area contributed by atoms with Gasteiger partial charge in [0, 0.05) is 6.54 Å². The number of carbonyl (C=O) groups is 2. The molecule has 1 fully saturated rings. The second kappa shape index (κ2) is 4.83. The van der Waals surface area contributed by atoms with Gasteiger partial charge in [-0.15, -0.1) is 0 Å². The minimum atomic E-state index is -0.937. The van der Waals surface area contributed by atoms with Gasteiger partial charge in [-0.25, -0.2) is 4.79 Å². The van der Waals surface area contributed by atoms with Crippen molar-refractivity contribution in [2.75, 3.05) is 6.54 Å². The van der Waals surface area contributed by atoms with Crippen LogP contribution in [0.5, 0.6) is 0 Å². The first kappa shape index (κ1) is 11.6. The molecule has 0 aromatic rings. The Bertz CT molecular complexity index is 326. The van der Waals surface area contributed by atoms with E-state index in [0.29, 0.717) is 6.54 Å². The lowest BCUT2D eigenvalue weighted by Crippen LogP contribution is -2.51. The molecule has 2 unspecified atom stereocenters. The Labute approximate surface area is 89.3 Å². The van der Waals surface area contributed by atoms with Gasteiger partial charge in [0.25, 0.3) is 5.91 Å². The van der Waals surface area contributed by atoms with Gasteiger partial charge in [0.2, 0.25) is 0 Å². The standard InChI is InChI=1S/C11H15NO3/c1-3-5-9(13)12-7-4-6-8(2)10(12)11(14)15/h8,10H,4,6-7H2,1-2H3,(H,14,15). The third-order valence-corrected chi connectivity index (χ3v) is 2.68. The minimum absolute atomic E-state index is 0.00106. The predicted octanol–water partition coefficient (Wildman–Crippen LogP) is 0.721. The number of hydrogen-bond acceptors (Lipinski definition) is 2. The summed E-state index contributed by atoms with van der Waals surface area (Å²) in [6.07, 6.45) is 1.70. The molecule has 1 heterocycles. The van der Waals surface area contributed by atoms with Crippen LogP contribution in [0.4, 0.5) is 0 Å². The summed E-state index contributed by atoms with van der Waals surface area (Å²) < 4.78 is 0. The van der Waals surface area contributed by atoms with Crippen LogP contribution < -0.4 is 0 Å². The van der Waals surface area contributed by atoms with E-state index in [4.69, 9.17) is 5.11 Å². The molecule has 0 aromatic carbocycles. The van der Waals surface area contributed by atoms with Crippen LogP contribution in [0.2, 0.25) is 0 Å².